The third-order valence-corrected chi connectivity index (χ3v) is 2.53. The van der Waals surface area contributed by atoms with Gasteiger partial charge in [0, 0.05) is 18.9 Å². The number of anilines is 1. The molecule has 0 aliphatic rings. The molecule has 1 aromatic heterocycles. The predicted octanol–water partition coefficient (Wildman–Crippen LogP) is 1.08. The molecule has 0 aliphatic carbocycles. The Morgan fingerprint density at radius 1 is 1.53 bits per heavy atom. The van der Waals surface area contributed by atoms with Crippen LogP contribution in [0.1, 0.15) is 27.2 Å². The Balaban J connectivity index is 2.90. The first-order chi connectivity index (χ1) is 8.08. The van der Waals surface area contributed by atoms with Crippen molar-refractivity contribution in [1.82, 2.24) is 9.55 Å². The van der Waals surface area contributed by atoms with Gasteiger partial charge in [-0.25, -0.2) is 4.98 Å². The zero-order valence-electron chi connectivity index (χ0n) is 10.7. The maximum absolute atomic E-state index is 12.0. The second-order valence-corrected chi connectivity index (χ2v) is 4.56. The summed E-state index contributed by atoms with van der Waals surface area (Å²) in [5.41, 5.74) is -0.131. The first-order valence-corrected chi connectivity index (χ1v) is 6.01. The van der Waals surface area contributed by atoms with Crippen LogP contribution in [-0.4, -0.2) is 27.3 Å². The van der Waals surface area contributed by atoms with Crippen LogP contribution in [0.25, 0.3) is 0 Å². The number of aliphatic hydroxyl groups is 1. The van der Waals surface area contributed by atoms with Crippen LogP contribution in [0.2, 0.25) is 0 Å². The maximum atomic E-state index is 12.0. The van der Waals surface area contributed by atoms with E-state index in [0.29, 0.717) is 18.3 Å². The molecule has 0 aromatic carbocycles. The molecule has 5 nitrogen and oxygen atoms in total. The van der Waals surface area contributed by atoms with E-state index in [2.05, 4.69) is 24.1 Å². The van der Waals surface area contributed by atoms with Crippen LogP contribution < -0.4 is 10.9 Å². The zero-order valence-corrected chi connectivity index (χ0v) is 10.7. The standard InChI is InChI=1S/C12H21N3O2/c1-4-10(8-16)14-11-12(17)15(6-5-13-11)7-9(2)3/h5-6,9-10,16H,4,7-8H2,1-3H3,(H,13,14)/t10-/m1/s1. The van der Waals surface area contributed by atoms with E-state index in [-0.39, 0.29) is 18.2 Å². The van der Waals surface area contributed by atoms with Crippen molar-refractivity contribution < 1.29 is 5.11 Å². The zero-order chi connectivity index (χ0) is 12.8. The Morgan fingerprint density at radius 3 is 2.76 bits per heavy atom. The topological polar surface area (TPSA) is 67.2 Å². The van der Waals surface area contributed by atoms with Gasteiger partial charge in [-0.15, -0.1) is 0 Å². The fraction of sp³-hybridized carbons (Fsp3) is 0.667. The number of aliphatic hydroxyl groups excluding tert-OH is 1. The van der Waals surface area contributed by atoms with Crippen molar-refractivity contribution in [3.63, 3.8) is 0 Å². The quantitative estimate of drug-likeness (QED) is 0.779. The Hall–Kier alpha value is -1.36. The number of hydrogen-bond acceptors (Lipinski definition) is 4. The highest BCUT2D eigenvalue weighted by atomic mass is 16.3. The molecule has 17 heavy (non-hydrogen) atoms. The summed E-state index contributed by atoms with van der Waals surface area (Å²) in [5, 5.41) is 12.1. The van der Waals surface area contributed by atoms with Crippen molar-refractivity contribution >= 4 is 5.82 Å². The van der Waals surface area contributed by atoms with Gasteiger partial charge in [-0.3, -0.25) is 4.79 Å². The van der Waals surface area contributed by atoms with Gasteiger partial charge in [0.2, 0.25) is 0 Å². The summed E-state index contributed by atoms with van der Waals surface area (Å²) in [7, 11) is 0. The first kappa shape index (κ1) is 13.7. The summed E-state index contributed by atoms with van der Waals surface area (Å²) in [6.07, 6.45) is 4.04. The second kappa shape index (κ2) is 6.39. The Morgan fingerprint density at radius 2 is 2.24 bits per heavy atom. The number of nitrogens with one attached hydrogen (secondary N) is 1. The monoisotopic (exact) mass is 239 g/mol. The van der Waals surface area contributed by atoms with E-state index < -0.39 is 0 Å². The summed E-state index contributed by atoms with van der Waals surface area (Å²) < 4.78 is 1.64. The fourth-order valence-corrected chi connectivity index (χ4v) is 1.55. The van der Waals surface area contributed by atoms with Crippen molar-refractivity contribution in [2.75, 3.05) is 11.9 Å². The lowest BCUT2D eigenvalue weighted by atomic mass is 10.2. The van der Waals surface area contributed by atoms with Gasteiger partial charge in [-0.1, -0.05) is 20.8 Å². The summed E-state index contributed by atoms with van der Waals surface area (Å²) >= 11 is 0. The van der Waals surface area contributed by atoms with E-state index in [9.17, 15) is 4.79 Å². The maximum Gasteiger partial charge on any atom is 0.293 e. The SMILES string of the molecule is CC[C@H](CO)Nc1nccn(CC(C)C)c1=O. The predicted molar refractivity (Wildman–Crippen MR) is 68.1 cm³/mol. The summed E-state index contributed by atoms with van der Waals surface area (Å²) in [6, 6.07) is -0.120. The molecular weight excluding hydrogens is 218 g/mol. The molecule has 0 unspecified atom stereocenters. The molecule has 0 saturated heterocycles. The van der Waals surface area contributed by atoms with Gasteiger partial charge >= 0.3 is 0 Å². The average Bonchev–Trinajstić information content (AvgIpc) is 2.30. The van der Waals surface area contributed by atoms with Crippen molar-refractivity contribution in [2.24, 2.45) is 5.92 Å². The number of aromatic nitrogens is 2. The number of hydrogen-bond donors (Lipinski definition) is 2. The van der Waals surface area contributed by atoms with Gasteiger partial charge in [-0.05, 0) is 12.3 Å². The lowest BCUT2D eigenvalue weighted by Gasteiger charge is -2.15. The Kier molecular flexibility index (Phi) is 5.15. The second-order valence-electron chi connectivity index (χ2n) is 4.56. The van der Waals surface area contributed by atoms with Crippen molar-refractivity contribution in [3.05, 3.63) is 22.7 Å². The van der Waals surface area contributed by atoms with E-state index >= 15 is 0 Å². The molecule has 0 spiro atoms. The van der Waals surface area contributed by atoms with Crippen LogP contribution >= 0.6 is 0 Å². The fourth-order valence-electron chi connectivity index (χ4n) is 1.55. The largest absolute Gasteiger partial charge is 0.394 e. The average molecular weight is 239 g/mol. The van der Waals surface area contributed by atoms with Gasteiger partial charge in [0.1, 0.15) is 0 Å². The van der Waals surface area contributed by atoms with Crippen LogP contribution in [0.5, 0.6) is 0 Å². The van der Waals surface area contributed by atoms with Gasteiger partial charge in [0.25, 0.3) is 5.56 Å². The van der Waals surface area contributed by atoms with E-state index in [4.69, 9.17) is 5.11 Å². The number of rotatable bonds is 6. The molecule has 5 heteroatoms. The molecule has 1 atom stereocenters. The molecule has 1 rings (SSSR count). The molecular formula is C12H21N3O2. The highest BCUT2D eigenvalue weighted by molar-refractivity contribution is 5.32. The minimum atomic E-state index is -0.131. The van der Waals surface area contributed by atoms with Crippen LogP contribution in [0.3, 0.4) is 0 Å². The molecule has 0 amide bonds. The number of nitrogens with zero attached hydrogens (tertiary/aromatic N) is 2. The molecule has 96 valence electrons. The lowest BCUT2D eigenvalue weighted by molar-refractivity contribution is 0.271. The van der Waals surface area contributed by atoms with E-state index in [1.807, 2.05) is 6.92 Å². The van der Waals surface area contributed by atoms with Gasteiger partial charge in [0.15, 0.2) is 5.82 Å². The third-order valence-electron chi connectivity index (χ3n) is 2.53. The third kappa shape index (κ3) is 3.85. The molecule has 0 aliphatic heterocycles. The van der Waals surface area contributed by atoms with Crippen molar-refractivity contribution in [2.45, 2.75) is 39.8 Å². The van der Waals surface area contributed by atoms with Gasteiger partial charge < -0.3 is 15.0 Å². The summed E-state index contributed by atoms with van der Waals surface area (Å²) in [6.45, 7) is 6.73. The molecule has 1 heterocycles. The normalized spacial score (nSPS) is 12.8. The van der Waals surface area contributed by atoms with Crippen LogP contribution in [0.15, 0.2) is 17.2 Å². The van der Waals surface area contributed by atoms with Gasteiger partial charge in [0.05, 0.1) is 12.6 Å². The van der Waals surface area contributed by atoms with Crippen LogP contribution in [0.4, 0.5) is 5.82 Å². The molecule has 0 radical (unpaired) electrons. The van der Waals surface area contributed by atoms with Crippen LogP contribution in [0, 0.1) is 5.92 Å². The van der Waals surface area contributed by atoms with E-state index in [1.54, 1.807) is 17.0 Å². The lowest BCUT2D eigenvalue weighted by Crippen LogP contribution is -2.31. The highest BCUT2D eigenvalue weighted by Crippen LogP contribution is 2.02. The molecule has 0 fully saturated rings. The smallest absolute Gasteiger partial charge is 0.293 e. The highest BCUT2D eigenvalue weighted by Gasteiger charge is 2.10. The van der Waals surface area contributed by atoms with Crippen LogP contribution in [-0.2, 0) is 6.54 Å². The summed E-state index contributed by atoms with van der Waals surface area (Å²) in [4.78, 5) is 16.1. The Labute approximate surface area is 102 Å². The van der Waals surface area contributed by atoms with Crippen molar-refractivity contribution in [1.29, 1.82) is 0 Å². The van der Waals surface area contributed by atoms with E-state index in [0.717, 1.165) is 6.42 Å². The summed E-state index contributed by atoms with van der Waals surface area (Å²) in [5.74, 6) is 0.719. The first-order valence-electron chi connectivity index (χ1n) is 6.01. The van der Waals surface area contributed by atoms with E-state index in [1.165, 1.54) is 0 Å². The molecule has 1 aromatic rings. The molecule has 2 N–H and O–H groups in total. The molecule has 0 saturated carbocycles. The molecule has 0 bridgehead atoms. The Bertz CT molecular complexity index is 397. The van der Waals surface area contributed by atoms with Gasteiger partial charge in [-0.2, -0.15) is 0 Å². The van der Waals surface area contributed by atoms with Crippen molar-refractivity contribution in [3.8, 4) is 0 Å². The minimum absolute atomic E-state index is 0.00328. The minimum Gasteiger partial charge on any atom is -0.394 e.